The quantitative estimate of drug-likeness (QED) is 0.591. The summed E-state index contributed by atoms with van der Waals surface area (Å²) in [6, 6.07) is 6.46. The van der Waals surface area contributed by atoms with Crippen LogP contribution in [0.4, 0.5) is 5.69 Å². The van der Waals surface area contributed by atoms with Gasteiger partial charge in [-0.3, -0.25) is 4.99 Å². The van der Waals surface area contributed by atoms with E-state index >= 15 is 0 Å². The number of aliphatic hydroxyl groups is 1. The minimum atomic E-state index is -0.486. The lowest BCUT2D eigenvalue weighted by atomic mass is 9.82. The number of anilines is 1. The van der Waals surface area contributed by atoms with Gasteiger partial charge in [0.15, 0.2) is 5.96 Å². The molecule has 3 unspecified atom stereocenters. The Hall–Kier alpha value is -1.55. The van der Waals surface area contributed by atoms with Crippen LogP contribution in [0.1, 0.15) is 49.7 Å². The Morgan fingerprint density at radius 1 is 1.30 bits per heavy atom. The van der Waals surface area contributed by atoms with E-state index in [9.17, 15) is 5.11 Å². The summed E-state index contributed by atoms with van der Waals surface area (Å²) in [5.74, 6) is 1.69. The zero-order valence-electron chi connectivity index (χ0n) is 13.7. The molecule has 124 valence electrons. The van der Waals surface area contributed by atoms with Gasteiger partial charge >= 0.3 is 0 Å². The minimum Gasteiger partial charge on any atom is -0.390 e. The summed E-state index contributed by atoms with van der Waals surface area (Å²) in [7, 11) is 0. The first-order chi connectivity index (χ1) is 11.1. The number of fused-ring (bicyclic) bond motifs is 3. The summed E-state index contributed by atoms with van der Waals surface area (Å²) in [6.45, 7) is 0.601. The molecule has 2 fully saturated rings. The average Bonchev–Trinajstić information content (AvgIpc) is 3.21. The van der Waals surface area contributed by atoms with Gasteiger partial charge in [-0.2, -0.15) is 0 Å². The molecular weight excluding hydrogens is 286 g/mol. The molecule has 4 nitrogen and oxygen atoms in total. The van der Waals surface area contributed by atoms with E-state index in [4.69, 9.17) is 5.73 Å². The molecule has 1 aromatic carbocycles. The maximum absolute atomic E-state index is 10.8. The molecule has 4 heteroatoms. The zero-order valence-corrected chi connectivity index (χ0v) is 13.7. The Morgan fingerprint density at radius 3 is 2.96 bits per heavy atom. The largest absolute Gasteiger partial charge is 0.390 e. The molecule has 0 aromatic heterocycles. The van der Waals surface area contributed by atoms with E-state index < -0.39 is 5.60 Å². The number of hydrogen-bond acceptors (Lipinski definition) is 2. The summed E-state index contributed by atoms with van der Waals surface area (Å²) in [6.07, 6.45) is 9.02. The van der Waals surface area contributed by atoms with Crippen molar-refractivity contribution >= 4 is 11.6 Å². The molecule has 3 atom stereocenters. The number of hydrogen-bond donors (Lipinski definition) is 3. The lowest BCUT2D eigenvalue weighted by Gasteiger charge is -2.31. The molecule has 2 bridgehead atoms. The van der Waals surface area contributed by atoms with E-state index in [1.54, 1.807) is 0 Å². The number of nitrogens with zero attached hydrogens (tertiary/aromatic N) is 1. The smallest absolute Gasteiger partial charge is 0.193 e. The Bertz CT molecular complexity index is 627. The fraction of sp³-hybridized carbons (Fsp3) is 0.632. The molecule has 0 radical (unpaired) electrons. The van der Waals surface area contributed by atoms with Crippen molar-refractivity contribution in [2.75, 3.05) is 11.9 Å². The van der Waals surface area contributed by atoms with Crippen molar-refractivity contribution in [3.8, 4) is 0 Å². The van der Waals surface area contributed by atoms with Crippen molar-refractivity contribution in [3.63, 3.8) is 0 Å². The lowest BCUT2D eigenvalue weighted by molar-refractivity contribution is -0.0181. The molecule has 0 heterocycles. The van der Waals surface area contributed by atoms with E-state index in [0.29, 0.717) is 18.4 Å². The molecule has 3 aliphatic rings. The van der Waals surface area contributed by atoms with Gasteiger partial charge in [0.05, 0.1) is 5.60 Å². The van der Waals surface area contributed by atoms with E-state index in [1.165, 1.54) is 43.2 Å². The van der Waals surface area contributed by atoms with Crippen LogP contribution in [0.3, 0.4) is 0 Å². The molecule has 4 rings (SSSR count). The predicted molar refractivity (Wildman–Crippen MR) is 93.6 cm³/mol. The Kier molecular flexibility index (Phi) is 3.80. The molecule has 1 aromatic rings. The maximum atomic E-state index is 10.8. The number of aryl methyl sites for hydroxylation is 2. The molecule has 2 saturated carbocycles. The minimum absolute atomic E-state index is 0.453. The van der Waals surface area contributed by atoms with Gasteiger partial charge < -0.3 is 16.2 Å². The number of nitrogens with one attached hydrogen (secondary N) is 1. The van der Waals surface area contributed by atoms with E-state index in [1.807, 2.05) is 0 Å². The normalized spacial score (nSPS) is 32.3. The number of nitrogens with two attached hydrogens (primary N) is 1. The molecule has 3 aliphatic carbocycles. The zero-order chi connectivity index (χ0) is 15.9. The third-order valence-corrected chi connectivity index (χ3v) is 6.14. The fourth-order valence-corrected chi connectivity index (χ4v) is 4.93. The Morgan fingerprint density at radius 2 is 2.17 bits per heavy atom. The van der Waals surface area contributed by atoms with Gasteiger partial charge in [-0.05, 0) is 86.5 Å². The van der Waals surface area contributed by atoms with Crippen molar-refractivity contribution in [1.29, 1.82) is 0 Å². The topological polar surface area (TPSA) is 70.6 Å². The molecular formula is C19H27N3O. The third kappa shape index (κ3) is 2.97. The highest BCUT2D eigenvalue weighted by Crippen LogP contribution is 2.52. The second-order valence-corrected chi connectivity index (χ2v) is 7.66. The highest BCUT2D eigenvalue weighted by Gasteiger charge is 2.49. The molecule has 0 aliphatic heterocycles. The number of guanidine groups is 1. The first-order valence-corrected chi connectivity index (χ1v) is 9.03. The van der Waals surface area contributed by atoms with E-state index in [2.05, 4.69) is 28.5 Å². The van der Waals surface area contributed by atoms with Crippen LogP contribution < -0.4 is 11.1 Å². The van der Waals surface area contributed by atoms with Crippen LogP contribution in [0.25, 0.3) is 0 Å². The highest BCUT2D eigenvalue weighted by atomic mass is 16.3. The van der Waals surface area contributed by atoms with Crippen LogP contribution in [0.2, 0.25) is 0 Å². The first-order valence-electron chi connectivity index (χ1n) is 9.03. The van der Waals surface area contributed by atoms with E-state index in [-0.39, 0.29) is 0 Å². The van der Waals surface area contributed by atoms with Crippen LogP contribution in [0.15, 0.2) is 23.2 Å². The summed E-state index contributed by atoms with van der Waals surface area (Å²) in [4.78, 5) is 4.43. The van der Waals surface area contributed by atoms with Gasteiger partial charge in [-0.1, -0.05) is 6.07 Å². The molecule has 0 spiro atoms. The van der Waals surface area contributed by atoms with Crippen molar-refractivity contribution in [2.24, 2.45) is 22.6 Å². The van der Waals surface area contributed by atoms with Crippen molar-refractivity contribution in [1.82, 2.24) is 0 Å². The lowest BCUT2D eigenvalue weighted by Crippen LogP contribution is -2.36. The molecule has 0 saturated heterocycles. The van der Waals surface area contributed by atoms with E-state index in [0.717, 1.165) is 30.9 Å². The Labute approximate surface area is 138 Å². The Balaban J connectivity index is 1.32. The van der Waals surface area contributed by atoms with Crippen LogP contribution in [-0.4, -0.2) is 23.2 Å². The number of aliphatic imine (C=N–C) groups is 1. The second-order valence-electron chi connectivity index (χ2n) is 7.66. The van der Waals surface area contributed by atoms with Crippen LogP contribution in [-0.2, 0) is 12.8 Å². The van der Waals surface area contributed by atoms with Crippen molar-refractivity contribution in [3.05, 3.63) is 29.3 Å². The van der Waals surface area contributed by atoms with Crippen molar-refractivity contribution in [2.45, 2.75) is 57.0 Å². The van der Waals surface area contributed by atoms with Gasteiger partial charge in [0.2, 0.25) is 0 Å². The summed E-state index contributed by atoms with van der Waals surface area (Å²) < 4.78 is 0. The number of benzene rings is 1. The van der Waals surface area contributed by atoms with Gasteiger partial charge in [0, 0.05) is 12.2 Å². The molecule has 23 heavy (non-hydrogen) atoms. The fourth-order valence-electron chi connectivity index (χ4n) is 4.93. The van der Waals surface area contributed by atoms with Gasteiger partial charge in [0.1, 0.15) is 0 Å². The van der Waals surface area contributed by atoms with Gasteiger partial charge in [0.25, 0.3) is 0 Å². The number of rotatable bonds is 4. The first kappa shape index (κ1) is 15.0. The van der Waals surface area contributed by atoms with Crippen molar-refractivity contribution < 1.29 is 5.11 Å². The van der Waals surface area contributed by atoms with Crippen LogP contribution in [0.5, 0.6) is 0 Å². The second kappa shape index (κ2) is 5.82. The SMILES string of the molecule is NC(=NCCC1(O)CC2CCC1C2)Nc1ccc2c(c1)CCC2. The van der Waals surface area contributed by atoms with Gasteiger partial charge in [-0.15, -0.1) is 0 Å². The average molecular weight is 313 g/mol. The predicted octanol–water partition coefficient (Wildman–Crippen LogP) is 2.84. The standard InChI is InChI=1S/C19H27N3O/c20-18(22-17-7-5-14-2-1-3-15(14)11-17)21-9-8-19(23)12-13-4-6-16(19)10-13/h5,7,11,13,16,23H,1-4,6,8-10,12H2,(H3,20,21,22). The van der Waals surface area contributed by atoms with Crippen LogP contribution >= 0.6 is 0 Å². The summed E-state index contributed by atoms with van der Waals surface area (Å²) in [5.41, 5.74) is 9.44. The monoisotopic (exact) mass is 313 g/mol. The highest BCUT2D eigenvalue weighted by molar-refractivity contribution is 5.92. The molecule has 0 amide bonds. The third-order valence-electron chi connectivity index (χ3n) is 6.14. The maximum Gasteiger partial charge on any atom is 0.193 e. The van der Waals surface area contributed by atoms with Gasteiger partial charge in [-0.25, -0.2) is 0 Å². The summed E-state index contributed by atoms with van der Waals surface area (Å²) >= 11 is 0. The van der Waals surface area contributed by atoms with Crippen LogP contribution in [0, 0.1) is 11.8 Å². The molecule has 4 N–H and O–H groups in total. The summed E-state index contributed by atoms with van der Waals surface area (Å²) in [5, 5.41) is 13.9.